The lowest BCUT2D eigenvalue weighted by atomic mass is 10.1. The van der Waals surface area contributed by atoms with E-state index in [0.717, 1.165) is 141 Å². The molecule has 0 aliphatic heterocycles. The third-order valence-corrected chi connectivity index (χ3v) is 12.7. The molecule has 6 heteroatoms. The minimum absolute atomic E-state index is 0.121. The molecule has 0 bridgehead atoms. The van der Waals surface area contributed by atoms with E-state index in [9.17, 15) is 14.4 Å². The number of unbranched alkanes of at least 4 members (excludes halogenated alkanes) is 16. The molecule has 442 valence electrons. The predicted octanol–water partition coefficient (Wildman–Crippen LogP) is 21.9. The van der Waals surface area contributed by atoms with Crippen LogP contribution in [0.15, 0.2) is 170 Å². The van der Waals surface area contributed by atoms with Gasteiger partial charge in [0.15, 0.2) is 6.10 Å². The number of hydrogen-bond donors (Lipinski definition) is 0. The largest absolute Gasteiger partial charge is 0.462 e. The van der Waals surface area contributed by atoms with E-state index >= 15 is 0 Å². The number of carbonyl (C=O) groups is 3. The van der Waals surface area contributed by atoms with Crippen LogP contribution in [0.25, 0.3) is 0 Å². The molecule has 0 saturated heterocycles. The topological polar surface area (TPSA) is 78.9 Å². The molecule has 79 heavy (non-hydrogen) atoms. The quantitative estimate of drug-likeness (QED) is 0.0261. The highest BCUT2D eigenvalue weighted by atomic mass is 16.6. The average Bonchev–Trinajstić information content (AvgIpc) is 3.45. The summed E-state index contributed by atoms with van der Waals surface area (Å²) in [6.45, 7) is 6.29. The fraction of sp³-hybridized carbons (Fsp3) is 0.575. The van der Waals surface area contributed by atoms with Gasteiger partial charge in [-0.25, -0.2) is 0 Å². The van der Waals surface area contributed by atoms with Crippen molar-refractivity contribution < 1.29 is 28.6 Å². The molecule has 0 fully saturated rings. The Balaban J connectivity index is 4.37. The van der Waals surface area contributed by atoms with Crippen LogP contribution in [0.5, 0.6) is 0 Å². The van der Waals surface area contributed by atoms with Gasteiger partial charge in [0.1, 0.15) is 13.2 Å². The molecule has 0 aliphatic rings. The van der Waals surface area contributed by atoms with Crippen LogP contribution in [0.3, 0.4) is 0 Å². The van der Waals surface area contributed by atoms with Gasteiger partial charge in [-0.3, -0.25) is 14.4 Å². The smallest absolute Gasteiger partial charge is 0.306 e. The predicted molar refractivity (Wildman–Crippen MR) is 343 cm³/mol. The number of hydrogen-bond acceptors (Lipinski definition) is 6. The first-order valence-electron chi connectivity index (χ1n) is 31.6. The zero-order valence-electron chi connectivity index (χ0n) is 50.6. The van der Waals surface area contributed by atoms with Crippen molar-refractivity contribution in [2.24, 2.45) is 0 Å². The molecule has 0 saturated carbocycles. The minimum Gasteiger partial charge on any atom is -0.462 e. The highest BCUT2D eigenvalue weighted by Gasteiger charge is 2.19. The maximum atomic E-state index is 12.8. The molecule has 0 amide bonds. The van der Waals surface area contributed by atoms with Crippen LogP contribution in [-0.4, -0.2) is 37.2 Å². The fourth-order valence-electron chi connectivity index (χ4n) is 8.02. The van der Waals surface area contributed by atoms with E-state index in [4.69, 9.17) is 14.2 Å². The molecule has 0 aliphatic carbocycles. The van der Waals surface area contributed by atoms with Gasteiger partial charge in [-0.15, -0.1) is 0 Å². The summed E-state index contributed by atoms with van der Waals surface area (Å²) in [5, 5.41) is 0. The lowest BCUT2D eigenvalue weighted by Crippen LogP contribution is -2.30. The molecule has 0 N–H and O–H groups in total. The van der Waals surface area contributed by atoms with Crippen molar-refractivity contribution in [1.82, 2.24) is 0 Å². The van der Waals surface area contributed by atoms with Gasteiger partial charge in [0.2, 0.25) is 0 Å². The Bertz CT molecular complexity index is 1820. The zero-order valence-corrected chi connectivity index (χ0v) is 50.6. The SMILES string of the molecule is CC/C=C\C/C=C\C/C=C\C/C=C\C/C=C\C/C=C\C/C=C\CCCCCCCCCCCC(=O)OCC(COC(=O)CCCCCCC/C=C\CCCC)OC(=O)CC/C=C\C/C=C\C/C=C\C/C=C\C/C=C\C/C=C\CC. The van der Waals surface area contributed by atoms with Crippen LogP contribution >= 0.6 is 0 Å². The van der Waals surface area contributed by atoms with Gasteiger partial charge < -0.3 is 14.2 Å². The van der Waals surface area contributed by atoms with Crippen molar-refractivity contribution in [3.05, 3.63) is 170 Å². The van der Waals surface area contributed by atoms with Crippen LogP contribution in [0.4, 0.5) is 0 Å². The van der Waals surface area contributed by atoms with Gasteiger partial charge in [0.05, 0.1) is 0 Å². The summed E-state index contributed by atoms with van der Waals surface area (Å²) in [7, 11) is 0. The van der Waals surface area contributed by atoms with E-state index < -0.39 is 12.1 Å². The van der Waals surface area contributed by atoms with Gasteiger partial charge in [-0.05, 0) is 135 Å². The fourth-order valence-corrected chi connectivity index (χ4v) is 8.02. The Morgan fingerprint density at radius 3 is 0.835 bits per heavy atom. The van der Waals surface area contributed by atoms with Crippen molar-refractivity contribution in [2.45, 2.75) is 258 Å². The molecular weight excluding hydrogens is 973 g/mol. The first kappa shape index (κ1) is 73.8. The molecule has 0 heterocycles. The Hall–Kier alpha value is -5.23. The normalized spacial score (nSPS) is 13.3. The van der Waals surface area contributed by atoms with Gasteiger partial charge in [0, 0.05) is 19.3 Å². The van der Waals surface area contributed by atoms with Crippen molar-refractivity contribution in [3.63, 3.8) is 0 Å². The van der Waals surface area contributed by atoms with Gasteiger partial charge in [-0.1, -0.05) is 268 Å². The first-order chi connectivity index (χ1) is 39.0. The van der Waals surface area contributed by atoms with Gasteiger partial charge in [0.25, 0.3) is 0 Å². The van der Waals surface area contributed by atoms with E-state index in [1.54, 1.807) is 0 Å². The van der Waals surface area contributed by atoms with Crippen LogP contribution in [0.1, 0.15) is 252 Å². The Morgan fingerprint density at radius 2 is 0.519 bits per heavy atom. The minimum atomic E-state index is -0.833. The standard InChI is InChI=1S/C73H114O6/c1-4-7-10-13-16-19-22-24-26-28-30-31-32-33-34-35-36-37-38-39-40-41-43-44-46-48-51-54-57-60-63-66-72(75)78-69-70(68-77-71(74)65-62-59-56-53-50-21-18-15-12-9-6-3)79-73(76)67-64-61-58-55-52-49-47-45-42-29-27-25-23-20-17-14-11-8-5-2/h7-8,10-11,15-20,24-27,30-31,33-34,36-37,39-40,42,45,49,52,58,61,70H,4-6,9,12-14,21-23,28-29,32,35,38,41,43-44,46-48,50-51,53-57,59-60,62-69H2,1-3H3/b10-7-,11-8-,18-15-,19-16-,20-17-,26-24-,27-25-,31-30-,34-33-,37-36-,40-39-,45-42-,52-49-,61-58-. The molecule has 0 aromatic heterocycles. The van der Waals surface area contributed by atoms with Crippen molar-refractivity contribution in [2.75, 3.05) is 13.2 Å². The van der Waals surface area contributed by atoms with Gasteiger partial charge >= 0.3 is 17.9 Å². The molecular formula is C73H114O6. The summed E-state index contributed by atoms with van der Waals surface area (Å²) >= 11 is 0. The summed E-state index contributed by atoms with van der Waals surface area (Å²) in [5.41, 5.74) is 0. The number of ether oxygens (including phenoxy) is 3. The van der Waals surface area contributed by atoms with E-state index in [0.29, 0.717) is 19.3 Å². The maximum Gasteiger partial charge on any atom is 0.306 e. The summed E-state index contributed by atoms with van der Waals surface area (Å²) in [6.07, 6.45) is 96.6. The summed E-state index contributed by atoms with van der Waals surface area (Å²) in [6, 6.07) is 0. The van der Waals surface area contributed by atoms with Crippen LogP contribution < -0.4 is 0 Å². The molecule has 0 rings (SSSR count). The number of esters is 3. The van der Waals surface area contributed by atoms with Crippen molar-refractivity contribution >= 4 is 17.9 Å². The maximum absolute atomic E-state index is 12.8. The summed E-state index contributed by atoms with van der Waals surface area (Å²) in [5.74, 6) is -1.03. The third kappa shape index (κ3) is 63.5. The Morgan fingerprint density at radius 1 is 0.266 bits per heavy atom. The highest BCUT2D eigenvalue weighted by Crippen LogP contribution is 2.14. The van der Waals surface area contributed by atoms with E-state index in [1.807, 2.05) is 12.2 Å². The Labute approximate surface area is 485 Å². The molecule has 0 aromatic rings. The van der Waals surface area contributed by atoms with E-state index in [1.165, 1.54) is 64.2 Å². The van der Waals surface area contributed by atoms with Gasteiger partial charge in [-0.2, -0.15) is 0 Å². The molecule has 0 aromatic carbocycles. The average molecular weight is 1090 g/mol. The second-order valence-electron chi connectivity index (χ2n) is 20.2. The summed E-state index contributed by atoms with van der Waals surface area (Å²) < 4.78 is 16.8. The van der Waals surface area contributed by atoms with Crippen molar-refractivity contribution in [1.29, 1.82) is 0 Å². The van der Waals surface area contributed by atoms with E-state index in [2.05, 4.69) is 179 Å². The number of carbonyl (C=O) groups excluding carboxylic acids is 3. The van der Waals surface area contributed by atoms with Crippen LogP contribution in [-0.2, 0) is 28.6 Å². The molecule has 6 nitrogen and oxygen atoms in total. The second-order valence-corrected chi connectivity index (χ2v) is 20.2. The summed E-state index contributed by atoms with van der Waals surface area (Å²) in [4.78, 5) is 38.2. The second kappa shape index (κ2) is 65.3. The Kier molecular flexibility index (Phi) is 61.0. The lowest BCUT2D eigenvalue weighted by molar-refractivity contribution is -0.166. The molecule has 1 unspecified atom stereocenters. The number of allylic oxidation sites excluding steroid dienone is 28. The highest BCUT2D eigenvalue weighted by molar-refractivity contribution is 5.71. The molecule has 1 atom stereocenters. The lowest BCUT2D eigenvalue weighted by Gasteiger charge is -2.18. The first-order valence-corrected chi connectivity index (χ1v) is 31.6. The zero-order chi connectivity index (χ0) is 57.1. The van der Waals surface area contributed by atoms with E-state index in [-0.39, 0.29) is 31.6 Å². The molecule has 0 spiro atoms. The van der Waals surface area contributed by atoms with Crippen molar-refractivity contribution in [3.8, 4) is 0 Å². The number of rotatable bonds is 55. The van der Waals surface area contributed by atoms with Crippen LogP contribution in [0.2, 0.25) is 0 Å². The monoisotopic (exact) mass is 1090 g/mol. The third-order valence-electron chi connectivity index (χ3n) is 12.7. The molecule has 0 radical (unpaired) electrons. The van der Waals surface area contributed by atoms with Crippen LogP contribution in [0, 0.1) is 0 Å².